The van der Waals surface area contributed by atoms with Crippen LogP contribution in [0.5, 0.6) is 5.75 Å². The minimum Gasteiger partial charge on any atom is -0.497 e. The Balaban J connectivity index is 1.29. The normalized spacial score (nSPS) is 19.3. The molecule has 0 saturated carbocycles. The number of nitrogens with zero attached hydrogens (tertiary/aromatic N) is 2. The summed E-state index contributed by atoms with van der Waals surface area (Å²) in [6.45, 7) is 2.27. The van der Waals surface area contributed by atoms with Gasteiger partial charge in [0.15, 0.2) is 0 Å². The highest BCUT2D eigenvalue weighted by atomic mass is 35.5. The fourth-order valence-electron chi connectivity index (χ4n) is 5.32. The first-order chi connectivity index (χ1) is 17.4. The van der Waals surface area contributed by atoms with Gasteiger partial charge in [0.1, 0.15) is 11.9 Å². The standard InChI is InChI=1S/C29H34ClFN2O3/c1-36-23-9-11-28-25(18-23)24(12-14-32-28)27(31)10-8-21-13-16-33(19-26(21)29(34)35)15-3-2-5-20-6-4-7-22(30)17-20/h4,6-7,9,11-12,14,17-18,21,26-27H,2-3,5,8,10,13,15-16,19H2,1H3,(H,34,35)/t21-,26+,27-/m1/s1. The van der Waals surface area contributed by atoms with Crippen molar-refractivity contribution < 1.29 is 19.0 Å². The number of benzene rings is 2. The number of methoxy groups -OCH3 is 1. The average Bonchev–Trinajstić information content (AvgIpc) is 2.89. The first kappa shape index (κ1) is 26.4. The Bertz CT molecular complexity index is 1170. The second-order valence-corrected chi connectivity index (χ2v) is 10.1. The molecule has 1 N–H and O–H groups in total. The fourth-order valence-corrected chi connectivity index (χ4v) is 5.53. The molecular formula is C29H34ClFN2O3. The fraction of sp³-hybridized carbons (Fsp3) is 0.448. The van der Waals surface area contributed by atoms with Gasteiger partial charge in [-0.05, 0) is 105 Å². The number of unbranched alkanes of at least 4 members (excludes halogenated alkanes) is 1. The molecule has 1 aliphatic rings. The van der Waals surface area contributed by atoms with Gasteiger partial charge in [-0.3, -0.25) is 9.78 Å². The van der Waals surface area contributed by atoms with Crippen molar-refractivity contribution >= 4 is 28.5 Å². The minimum atomic E-state index is -1.18. The molecule has 0 unspecified atom stereocenters. The van der Waals surface area contributed by atoms with Crippen LogP contribution < -0.4 is 4.74 Å². The quantitative estimate of drug-likeness (QED) is 0.288. The summed E-state index contributed by atoms with van der Waals surface area (Å²) in [6, 6.07) is 15.1. The van der Waals surface area contributed by atoms with E-state index >= 15 is 4.39 Å². The number of piperidine rings is 1. The number of pyridine rings is 1. The van der Waals surface area contributed by atoms with E-state index in [-0.39, 0.29) is 5.92 Å². The van der Waals surface area contributed by atoms with Crippen LogP contribution in [0.25, 0.3) is 10.9 Å². The van der Waals surface area contributed by atoms with Crippen molar-refractivity contribution in [3.63, 3.8) is 0 Å². The maximum absolute atomic E-state index is 15.4. The van der Waals surface area contributed by atoms with Crippen molar-refractivity contribution in [2.45, 2.75) is 44.7 Å². The number of hydrogen-bond donors (Lipinski definition) is 1. The Hall–Kier alpha value is -2.70. The molecule has 1 aromatic heterocycles. The number of aromatic nitrogens is 1. The van der Waals surface area contributed by atoms with Crippen molar-refractivity contribution in [3.8, 4) is 5.75 Å². The highest BCUT2D eigenvalue weighted by Crippen LogP contribution is 2.35. The molecule has 0 radical (unpaired) electrons. The van der Waals surface area contributed by atoms with E-state index in [1.54, 1.807) is 19.4 Å². The number of rotatable bonds is 11. The van der Waals surface area contributed by atoms with Crippen LogP contribution in [0.3, 0.4) is 0 Å². The summed E-state index contributed by atoms with van der Waals surface area (Å²) in [5, 5.41) is 11.4. The Morgan fingerprint density at radius 1 is 1.25 bits per heavy atom. The van der Waals surface area contributed by atoms with Gasteiger partial charge in [-0.25, -0.2) is 4.39 Å². The number of alkyl halides is 1. The molecule has 5 nitrogen and oxygen atoms in total. The smallest absolute Gasteiger partial charge is 0.308 e. The molecule has 4 rings (SSSR count). The second kappa shape index (κ2) is 12.5. The number of hydrogen-bond acceptors (Lipinski definition) is 4. The minimum absolute atomic E-state index is 0.0221. The molecule has 0 amide bonds. The molecule has 1 saturated heterocycles. The SMILES string of the molecule is COc1ccc2nccc([C@H](F)CC[C@@H]3CCN(CCCCc4cccc(Cl)c4)C[C@@H]3C(=O)O)c2c1. The summed E-state index contributed by atoms with van der Waals surface area (Å²) < 4.78 is 20.7. The summed E-state index contributed by atoms with van der Waals surface area (Å²) >= 11 is 6.06. The van der Waals surface area contributed by atoms with E-state index in [1.165, 1.54) is 5.56 Å². The van der Waals surface area contributed by atoms with Crippen LogP contribution in [0.1, 0.15) is 49.4 Å². The Labute approximate surface area is 217 Å². The molecule has 1 fully saturated rings. The molecule has 2 aromatic carbocycles. The summed E-state index contributed by atoms with van der Waals surface area (Å²) in [4.78, 5) is 18.6. The van der Waals surface area contributed by atoms with Crippen LogP contribution in [-0.2, 0) is 11.2 Å². The Morgan fingerprint density at radius 2 is 2.11 bits per heavy atom. The third kappa shape index (κ3) is 6.74. The number of likely N-dealkylation sites (tertiary alicyclic amines) is 1. The molecule has 36 heavy (non-hydrogen) atoms. The van der Waals surface area contributed by atoms with E-state index in [0.717, 1.165) is 54.7 Å². The van der Waals surface area contributed by atoms with Gasteiger partial charge in [-0.1, -0.05) is 23.7 Å². The lowest BCUT2D eigenvalue weighted by Crippen LogP contribution is -2.44. The van der Waals surface area contributed by atoms with Crippen LogP contribution in [0.15, 0.2) is 54.7 Å². The van der Waals surface area contributed by atoms with Crippen molar-refractivity contribution in [1.29, 1.82) is 0 Å². The van der Waals surface area contributed by atoms with Gasteiger partial charge in [0.05, 0.1) is 18.5 Å². The first-order valence-corrected chi connectivity index (χ1v) is 13.1. The largest absolute Gasteiger partial charge is 0.497 e. The molecule has 0 bridgehead atoms. The highest BCUT2D eigenvalue weighted by Gasteiger charge is 2.34. The third-order valence-electron chi connectivity index (χ3n) is 7.35. The van der Waals surface area contributed by atoms with Crippen molar-refractivity contribution in [2.75, 3.05) is 26.7 Å². The molecule has 1 aliphatic heterocycles. The summed E-state index contributed by atoms with van der Waals surface area (Å²) in [7, 11) is 1.59. The molecule has 3 aromatic rings. The van der Waals surface area contributed by atoms with E-state index in [1.807, 2.05) is 36.4 Å². The third-order valence-corrected chi connectivity index (χ3v) is 7.58. The lowest BCUT2D eigenvalue weighted by Gasteiger charge is -2.37. The van der Waals surface area contributed by atoms with Crippen LogP contribution in [0.2, 0.25) is 5.02 Å². The Morgan fingerprint density at radius 3 is 2.89 bits per heavy atom. The lowest BCUT2D eigenvalue weighted by molar-refractivity contribution is -0.146. The zero-order chi connectivity index (χ0) is 25.5. The number of ether oxygens (including phenoxy) is 1. The maximum atomic E-state index is 15.4. The predicted molar refractivity (Wildman–Crippen MR) is 141 cm³/mol. The monoisotopic (exact) mass is 512 g/mol. The summed E-state index contributed by atoms with van der Waals surface area (Å²) in [5.41, 5.74) is 2.54. The molecule has 3 atom stereocenters. The van der Waals surface area contributed by atoms with Crippen molar-refractivity contribution in [2.24, 2.45) is 11.8 Å². The van der Waals surface area contributed by atoms with Crippen molar-refractivity contribution in [1.82, 2.24) is 9.88 Å². The van der Waals surface area contributed by atoms with Gasteiger partial charge in [0.25, 0.3) is 0 Å². The van der Waals surface area contributed by atoms with Crippen molar-refractivity contribution in [3.05, 3.63) is 70.9 Å². The number of aryl methyl sites for hydroxylation is 1. The van der Waals surface area contributed by atoms with Crippen LogP contribution in [-0.4, -0.2) is 47.7 Å². The predicted octanol–water partition coefficient (Wildman–Crippen LogP) is 6.73. The molecule has 7 heteroatoms. The molecule has 192 valence electrons. The number of aliphatic carboxylic acids is 1. The number of carboxylic acids is 1. The number of carboxylic acid groups (broad SMARTS) is 1. The maximum Gasteiger partial charge on any atom is 0.308 e. The number of fused-ring (bicyclic) bond motifs is 1. The second-order valence-electron chi connectivity index (χ2n) is 9.71. The summed E-state index contributed by atoms with van der Waals surface area (Å²) in [5.74, 6) is -0.604. The van der Waals surface area contributed by atoms with E-state index in [4.69, 9.17) is 16.3 Å². The first-order valence-electron chi connectivity index (χ1n) is 12.7. The molecule has 0 aliphatic carbocycles. The van der Waals surface area contributed by atoms with Gasteiger partial charge < -0.3 is 14.7 Å². The lowest BCUT2D eigenvalue weighted by atomic mass is 9.81. The van der Waals surface area contributed by atoms with Gasteiger partial charge in [0.2, 0.25) is 0 Å². The zero-order valence-corrected chi connectivity index (χ0v) is 21.5. The topological polar surface area (TPSA) is 62.7 Å². The van der Waals surface area contributed by atoms with E-state index in [0.29, 0.717) is 30.7 Å². The van der Waals surface area contributed by atoms with E-state index in [9.17, 15) is 9.90 Å². The molecular weight excluding hydrogens is 479 g/mol. The molecule has 0 spiro atoms. The van der Waals surface area contributed by atoms with Crippen LogP contribution >= 0.6 is 11.6 Å². The van der Waals surface area contributed by atoms with E-state index in [2.05, 4.69) is 16.0 Å². The van der Waals surface area contributed by atoms with Gasteiger partial charge in [-0.2, -0.15) is 0 Å². The summed E-state index contributed by atoms with van der Waals surface area (Å²) in [6.07, 6.45) is 5.08. The average molecular weight is 513 g/mol. The zero-order valence-electron chi connectivity index (χ0n) is 20.7. The highest BCUT2D eigenvalue weighted by molar-refractivity contribution is 6.30. The number of halogens is 2. The van der Waals surface area contributed by atoms with Crippen LogP contribution in [0, 0.1) is 11.8 Å². The number of carbonyl (C=O) groups is 1. The van der Waals surface area contributed by atoms with E-state index < -0.39 is 18.1 Å². The van der Waals surface area contributed by atoms with Crippen LogP contribution in [0.4, 0.5) is 4.39 Å². The van der Waals surface area contributed by atoms with Gasteiger partial charge >= 0.3 is 5.97 Å². The van der Waals surface area contributed by atoms with Gasteiger partial charge in [0, 0.05) is 23.2 Å². The Kier molecular flexibility index (Phi) is 9.16. The molecule has 2 heterocycles. The van der Waals surface area contributed by atoms with Gasteiger partial charge in [-0.15, -0.1) is 0 Å².